The number of aromatic nitrogens is 1. The maximum atomic E-state index is 12.6. The van der Waals surface area contributed by atoms with Gasteiger partial charge in [0.15, 0.2) is 5.82 Å². The normalized spacial score (nSPS) is 10.3. The predicted octanol–water partition coefficient (Wildman–Crippen LogP) is 2.16. The summed E-state index contributed by atoms with van der Waals surface area (Å²) in [5.74, 6) is -0.311. The van der Waals surface area contributed by atoms with Gasteiger partial charge in [-0.3, -0.25) is 9.59 Å². The molecule has 1 aromatic heterocycles. The van der Waals surface area contributed by atoms with Gasteiger partial charge in [-0.15, -0.1) is 0 Å². The molecule has 1 aromatic carbocycles. The predicted molar refractivity (Wildman–Crippen MR) is 87.1 cm³/mol. The SMILES string of the molecule is COCCN(CC(=O)Nc1ccon1)C(=O)c1cccc(Br)c1. The molecular weight excluding hydrogens is 366 g/mol. The quantitative estimate of drug-likeness (QED) is 0.794. The first-order chi connectivity index (χ1) is 11.1. The van der Waals surface area contributed by atoms with E-state index in [9.17, 15) is 9.59 Å². The third-order valence-electron chi connectivity index (χ3n) is 2.96. The van der Waals surface area contributed by atoms with Crippen LogP contribution in [0.3, 0.4) is 0 Å². The molecule has 0 aliphatic heterocycles. The molecule has 0 bridgehead atoms. The summed E-state index contributed by atoms with van der Waals surface area (Å²) in [6.45, 7) is 0.520. The van der Waals surface area contributed by atoms with E-state index in [0.29, 0.717) is 24.5 Å². The molecule has 0 aliphatic rings. The van der Waals surface area contributed by atoms with Crippen LogP contribution in [0.15, 0.2) is 45.6 Å². The van der Waals surface area contributed by atoms with Gasteiger partial charge in [-0.1, -0.05) is 27.2 Å². The Hall–Kier alpha value is -2.19. The molecule has 1 heterocycles. The van der Waals surface area contributed by atoms with E-state index in [1.54, 1.807) is 18.2 Å². The Labute approximate surface area is 141 Å². The van der Waals surface area contributed by atoms with Crippen LogP contribution in [0.5, 0.6) is 0 Å². The summed E-state index contributed by atoms with van der Waals surface area (Å²) in [7, 11) is 1.54. The minimum Gasteiger partial charge on any atom is -0.383 e. The lowest BCUT2D eigenvalue weighted by atomic mass is 10.2. The number of benzene rings is 1. The van der Waals surface area contributed by atoms with Crippen molar-refractivity contribution in [2.45, 2.75) is 0 Å². The lowest BCUT2D eigenvalue weighted by molar-refractivity contribution is -0.117. The largest absolute Gasteiger partial charge is 0.383 e. The zero-order valence-electron chi connectivity index (χ0n) is 12.5. The summed E-state index contributed by atoms with van der Waals surface area (Å²) in [6.07, 6.45) is 1.35. The Morgan fingerprint density at radius 1 is 1.39 bits per heavy atom. The zero-order valence-corrected chi connectivity index (χ0v) is 14.1. The van der Waals surface area contributed by atoms with Crippen molar-refractivity contribution in [3.63, 3.8) is 0 Å². The van der Waals surface area contributed by atoms with Crippen molar-refractivity contribution in [1.82, 2.24) is 10.1 Å². The average Bonchev–Trinajstić information content (AvgIpc) is 3.03. The molecule has 1 N–H and O–H groups in total. The van der Waals surface area contributed by atoms with E-state index < -0.39 is 0 Å². The molecule has 0 aliphatic carbocycles. The van der Waals surface area contributed by atoms with Crippen molar-refractivity contribution in [3.8, 4) is 0 Å². The Morgan fingerprint density at radius 2 is 2.22 bits per heavy atom. The Balaban J connectivity index is 2.06. The van der Waals surface area contributed by atoms with Crippen molar-refractivity contribution >= 4 is 33.6 Å². The van der Waals surface area contributed by atoms with Crippen molar-refractivity contribution < 1.29 is 18.8 Å². The summed E-state index contributed by atoms with van der Waals surface area (Å²) in [5.41, 5.74) is 0.490. The number of halogens is 1. The minimum atomic E-state index is -0.363. The van der Waals surface area contributed by atoms with Crippen LogP contribution < -0.4 is 5.32 Å². The van der Waals surface area contributed by atoms with Gasteiger partial charge in [0.1, 0.15) is 12.8 Å². The Kier molecular flexibility index (Phi) is 6.30. The fourth-order valence-electron chi connectivity index (χ4n) is 1.89. The van der Waals surface area contributed by atoms with Crippen molar-refractivity contribution in [1.29, 1.82) is 0 Å². The first-order valence-corrected chi connectivity index (χ1v) is 7.63. The highest BCUT2D eigenvalue weighted by molar-refractivity contribution is 9.10. The van der Waals surface area contributed by atoms with Gasteiger partial charge in [-0.2, -0.15) is 0 Å². The molecule has 0 saturated carbocycles. The maximum absolute atomic E-state index is 12.6. The highest BCUT2D eigenvalue weighted by Crippen LogP contribution is 2.13. The van der Waals surface area contributed by atoms with Gasteiger partial charge in [-0.05, 0) is 18.2 Å². The van der Waals surface area contributed by atoms with Gasteiger partial charge in [-0.25, -0.2) is 0 Å². The number of methoxy groups -OCH3 is 1. The molecule has 0 unspecified atom stereocenters. The third kappa shape index (κ3) is 5.19. The van der Waals surface area contributed by atoms with Crippen LogP contribution in [0.4, 0.5) is 5.82 Å². The molecule has 0 radical (unpaired) electrons. The average molecular weight is 382 g/mol. The number of amides is 2. The van der Waals surface area contributed by atoms with Gasteiger partial charge in [0, 0.05) is 29.8 Å². The molecule has 0 atom stereocenters. The van der Waals surface area contributed by atoms with Crippen molar-refractivity contribution in [2.24, 2.45) is 0 Å². The number of hydrogen-bond acceptors (Lipinski definition) is 5. The van der Waals surface area contributed by atoms with E-state index in [0.717, 1.165) is 4.47 Å². The number of anilines is 1. The molecule has 0 fully saturated rings. The number of carbonyl (C=O) groups excluding carboxylic acids is 2. The zero-order chi connectivity index (χ0) is 16.7. The second-order valence-corrected chi connectivity index (χ2v) is 5.58. The number of nitrogens with one attached hydrogen (secondary N) is 1. The smallest absolute Gasteiger partial charge is 0.254 e. The molecule has 2 amide bonds. The number of hydrogen-bond donors (Lipinski definition) is 1. The molecule has 2 rings (SSSR count). The second kappa shape index (κ2) is 8.44. The van der Waals surface area contributed by atoms with E-state index in [1.165, 1.54) is 24.3 Å². The van der Waals surface area contributed by atoms with Crippen LogP contribution >= 0.6 is 15.9 Å². The van der Waals surface area contributed by atoms with E-state index in [1.807, 2.05) is 6.07 Å². The topological polar surface area (TPSA) is 84.7 Å². The van der Waals surface area contributed by atoms with E-state index in [4.69, 9.17) is 4.74 Å². The number of ether oxygens (including phenoxy) is 1. The molecule has 23 heavy (non-hydrogen) atoms. The lowest BCUT2D eigenvalue weighted by Crippen LogP contribution is -2.40. The summed E-state index contributed by atoms with van der Waals surface area (Å²) in [5, 5.41) is 6.16. The second-order valence-electron chi connectivity index (χ2n) is 4.66. The molecule has 0 saturated heterocycles. The van der Waals surface area contributed by atoms with Gasteiger partial charge in [0.25, 0.3) is 5.91 Å². The van der Waals surface area contributed by atoms with E-state index in [-0.39, 0.29) is 18.4 Å². The van der Waals surface area contributed by atoms with Gasteiger partial charge < -0.3 is 19.5 Å². The van der Waals surface area contributed by atoms with Gasteiger partial charge in [0.05, 0.1) is 6.61 Å². The molecule has 7 nitrogen and oxygen atoms in total. The summed E-state index contributed by atoms with van der Waals surface area (Å²) in [4.78, 5) is 26.0. The highest BCUT2D eigenvalue weighted by Gasteiger charge is 2.19. The minimum absolute atomic E-state index is 0.110. The van der Waals surface area contributed by atoms with Crippen LogP contribution in [-0.4, -0.2) is 48.7 Å². The first-order valence-electron chi connectivity index (χ1n) is 6.84. The summed E-state index contributed by atoms with van der Waals surface area (Å²) >= 11 is 3.33. The first kappa shape index (κ1) is 17.2. The van der Waals surface area contributed by atoms with Crippen molar-refractivity contribution in [2.75, 3.05) is 32.1 Å². The van der Waals surface area contributed by atoms with Crippen molar-refractivity contribution in [3.05, 3.63) is 46.6 Å². The maximum Gasteiger partial charge on any atom is 0.254 e. The Morgan fingerprint density at radius 3 is 2.87 bits per heavy atom. The summed E-state index contributed by atoms with van der Waals surface area (Å²) in [6, 6.07) is 8.52. The molecular formula is C15H16BrN3O4. The molecule has 2 aromatic rings. The van der Waals surface area contributed by atoms with Crippen LogP contribution in [0.1, 0.15) is 10.4 Å². The number of carbonyl (C=O) groups is 2. The molecule has 0 spiro atoms. The van der Waals surface area contributed by atoms with Crippen LogP contribution in [0, 0.1) is 0 Å². The van der Waals surface area contributed by atoms with Gasteiger partial charge >= 0.3 is 0 Å². The third-order valence-corrected chi connectivity index (χ3v) is 3.46. The fourth-order valence-corrected chi connectivity index (χ4v) is 2.29. The fraction of sp³-hybridized carbons (Fsp3) is 0.267. The number of rotatable bonds is 7. The van der Waals surface area contributed by atoms with E-state index >= 15 is 0 Å². The van der Waals surface area contributed by atoms with Crippen LogP contribution in [0.2, 0.25) is 0 Å². The highest BCUT2D eigenvalue weighted by atomic mass is 79.9. The van der Waals surface area contributed by atoms with Crippen LogP contribution in [0.25, 0.3) is 0 Å². The monoisotopic (exact) mass is 381 g/mol. The summed E-state index contributed by atoms with van der Waals surface area (Å²) < 4.78 is 10.4. The molecule has 122 valence electrons. The van der Waals surface area contributed by atoms with E-state index in [2.05, 4.69) is 30.9 Å². The lowest BCUT2D eigenvalue weighted by Gasteiger charge is -2.21. The molecule has 8 heteroatoms. The van der Waals surface area contributed by atoms with Gasteiger partial charge in [0.2, 0.25) is 5.91 Å². The van der Waals surface area contributed by atoms with Crippen LogP contribution in [-0.2, 0) is 9.53 Å². The standard InChI is InChI=1S/C15H16BrN3O4/c1-22-8-6-19(10-14(20)17-13-5-7-23-18-13)15(21)11-3-2-4-12(16)9-11/h2-5,7,9H,6,8,10H2,1H3,(H,17,18,20). The Bertz CT molecular complexity index is 661. The number of nitrogens with zero attached hydrogens (tertiary/aromatic N) is 2.